The van der Waals surface area contributed by atoms with Gasteiger partial charge < -0.3 is 14.8 Å². The van der Waals surface area contributed by atoms with Crippen LogP contribution >= 0.6 is 15.9 Å². The van der Waals surface area contributed by atoms with E-state index in [1.807, 2.05) is 7.05 Å². The first-order valence-corrected chi connectivity index (χ1v) is 8.02. The van der Waals surface area contributed by atoms with E-state index in [1.54, 1.807) is 0 Å². The van der Waals surface area contributed by atoms with Gasteiger partial charge in [-0.1, -0.05) is 15.9 Å². The monoisotopic (exact) mass is 339 g/mol. The van der Waals surface area contributed by atoms with Gasteiger partial charge >= 0.3 is 0 Å². The predicted molar refractivity (Wildman–Crippen MR) is 83.2 cm³/mol. The minimum atomic E-state index is -0.108. The fraction of sp³-hybridized carbons (Fsp3) is 0.625. The van der Waals surface area contributed by atoms with Crippen LogP contribution in [0.3, 0.4) is 0 Å². The SMILES string of the molecule is CNC1CC2(CCOC(C)(C)C2)Oc2ccc(Br)cc21. The van der Waals surface area contributed by atoms with Gasteiger partial charge in [0.15, 0.2) is 0 Å². The molecule has 3 nitrogen and oxygen atoms in total. The summed E-state index contributed by atoms with van der Waals surface area (Å²) in [6.45, 7) is 5.08. The molecule has 2 heterocycles. The van der Waals surface area contributed by atoms with Gasteiger partial charge in [-0.15, -0.1) is 0 Å². The van der Waals surface area contributed by atoms with E-state index >= 15 is 0 Å². The van der Waals surface area contributed by atoms with Crippen molar-refractivity contribution in [2.75, 3.05) is 13.7 Å². The molecule has 2 aliphatic rings. The molecule has 1 fully saturated rings. The summed E-state index contributed by atoms with van der Waals surface area (Å²) < 4.78 is 13.4. The molecule has 0 aliphatic carbocycles. The molecule has 0 radical (unpaired) electrons. The molecular weight excluding hydrogens is 318 g/mol. The Balaban J connectivity index is 1.96. The van der Waals surface area contributed by atoms with Gasteiger partial charge in [-0.2, -0.15) is 0 Å². The third-order valence-corrected chi connectivity index (χ3v) is 4.89. The van der Waals surface area contributed by atoms with E-state index < -0.39 is 0 Å². The molecule has 110 valence electrons. The third-order valence-electron chi connectivity index (χ3n) is 4.40. The Bertz CT molecular complexity index is 517. The van der Waals surface area contributed by atoms with E-state index in [0.717, 1.165) is 36.1 Å². The van der Waals surface area contributed by atoms with E-state index in [2.05, 4.69) is 53.3 Å². The molecule has 1 saturated heterocycles. The summed E-state index contributed by atoms with van der Waals surface area (Å²) in [5.74, 6) is 1.01. The van der Waals surface area contributed by atoms with Gasteiger partial charge in [0.05, 0.1) is 12.2 Å². The first-order chi connectivity index (χ1) is 9.43. The number of hydrogen-bond donors (Lipinski definition) is 1. The zero-order chi connectivity index (χ0) is 14.4. The molecule has 1 aromatic carbocycles. The Labute approximate surface area is 129 Å². The summed E-state index contributed by atoms with van der Waals surface area (Å²) in [5, 5.41) is 3.44. The van der Waals surface area contributed by atoms with Crippen LogP contribution < -0.4 is 10.1 Å². The largest absolute Gasteiger partial charge is 0.487 e. The molecule has 0 saturated carbocycles. The fourth-order valence-electron chi connectivity index (χ4n) is 3.59. The van der Waals surface area contributed by atoms with Crippen LogP contribution in [0.5, 0.6) is 5.75 Å². The summed E-state index contributed by atoms with van der Waals surface area (Å²) in [4.78, 5) is 0. The minimum Gasteiger partial charge on any atom is -0.487 e. The Hall–Kier alpha value is -0.580. The normalized spacial score (nSPS) is 31.7. The topological polar surface area (TPSA) is 30.5 Å². The average Bonchev–Trinajstić information content (AvgIpc) is 2.37. The van der Waals surface area contributed by atoms with Crippen molar-refractivity contribution in [2.45, 2.75) is 50.4 Å². The van der Waals surface area contributed by atoms with Crippen LogP contribution in [0.25, 0.3) is 0 Å². The van der Waals surface area contributed by atoms with E-state index in [0.29, 0.717) is 6.04 Å². The number of benzene rings is 1. The fourth-order valence-corrected chi connectivity index (χ4v) is 3.97. The van der Waals surface area contributed by atoms with Crippen LogP contribution in [0.4, 0.5) is 0 Å². The lowest BCUT2D eigenvalue weighted by atomic mass is 9.77. The molecule has 4 heteroatoms. The first-order valence-electron chi connectivity index (χ1n) is 7.23. The lowest BCUT2D eigenvalue weighted by molar-refractivity contribution is -0.142. The highest BCUT2D eigenvalue weighted by atomic mass is 79.9. The van der Waals surface area contributed by atoms with Crippen molar-refractivity contribution in [1.29, 1.82) is 0 Å². The van der Waals surface area contributed by atoms with E-state index in [-0.39, 0.29) is 11.2 Å². The Kier molecular flexibility index (Phi) is 3.59. The highest BCUT2D eigenvalue weighted by Gasteiger charge is 2.47. The highest BCUT2D eigenvalue weighted by Crippen LogP contribution is 2.47. The van der Waals surface area contributed by atoms with Crippen molar-refractivity contribution in [3.05, 3.63) is 28.2 Å². The Morgan fingerprint density at radius 2 is 2.15 bits per heavy atom. The smallest absolute Gasteiger partial charge is 0.125 e. The maximum Gasteiger partial charge on any atom is 0.125 e. The summed E-state index contributed by atoms with van der Waals surface area (Å²) in [7, 11) is 2.03. The molecule has 3 rings (SSSR count). The van der Waals surface area contributed by atoms with Gasteiger partial charge in [0.1, 0.15) is 11.4 Å². The minimum absolute atomic E-state index is 0.101. The molecule has 0 bridgehead atoms. The predicted octanol–water partition coefficient (Wildman–Crippen LogP) is 3.82. The molecule has 1 aromatic rings. The second kappa shape index (κ2) is 5.00. The summed E-state index contributed by atoms with van der Waals surface area (Å²) in [5.41, 5.74) is 1.04. The number of nitrogens with one attached hydrogen (secondary N) is 1. The third kappa shape index (κ3) is 2.61. The van der Waals surface area contributed by atoms with Gasteiger partial charge in [0.25, 0.3) is 0 Å². The average molecular weight is 340 g/mol. The van der Waals surface area contributed by atoms with Crippen molar-refractivity contribution in [3.8, 4) is 5.75 Å². The van der Waals surface area contributed by atoms with Crippen LogP contribution in [-0.4, -0.2) is 24.9 Å². The van der Waals surface area contributed by atoms with Gasteiger partial charge in [-0.25, -0.2) is 0 Å². The molecule has 2 aliphatic heterocycles. The second-order valence-electron chi connectivity index (χ2n) is 6.55. The van der Waals surface area contributed by atoms with Crippen LogP contribution in [0.15, 0.2) is 22.7 Å². The molecule has 1 spiro atoms. The highest BCUT2D eigenvalue weighted by molar-refractivity contribution is 9.10. The van der Waals surface area contributed by atoms with Crippen molar-refractivity contribution in [1.82, 2.24) is 5.32 Å². The molecule has 1 N–H and O–H groups in total. The van der Waals surface area contributed by atoms with E-state index in [4.69, 9.17) is 9.47 Å². The lowest BCUT2D eigenvalue weighted by Gasteiger charge is -2.49. The van der Waals surface area contributed by atoms with Gasteiger partial charge in [0.2, 0.25) is 0 Å². The summed E-state index contributed by atoms with van der Waals surface area (Å²) >= 11 is 3.55. The summed E-state index contributed by atoms with van der Waals surface area (Å²) in [6.07, 6.45) is 2.90. The quantitative estimate of drug-likeness (QED) is 0.843. The molecule has 20 heavy (non-hydrogen) atoms. The molecule has 0 amide bonds. The molecular formula is C16H22BrNO2. The Morgan fingerprint density at radius 1 is 1.35 bits per heavy atom. The van der Waals surface area contributed by atoms with E-state index in [1.165, 1.54) is 5.56 Å². The van der Waals surface area contributed by atoms with Crippen molar-refractivity contribution in [3.63, 3.8) is 0 Å². The molecule has 2 unspecified atom stereocenters. The van der Waals surface area contributed by atoms with Gasteiger partial charge in [-0.05, 0) is 39.1 Å². The van der Waals surface area contributed by atoms with Crippen molar-refractivity contribution < 1.29 is 9.47 Å². The maximum absolute atomic E-state index is 6.44. The number of hydrogen-bond acceptors (Lipinski definition) is 3. The number of halogens is 1. The van der Waals surface area contributed by atoms with Crippen LogP contribution in [0.2, 0.25) is 0 Å². The van der Waals surface area contributed by atoms with Gasteiger partial charge in [0, 0.05) is 35.3 Å². The number of ether oxygens (including phenoxy) is 2. The zero-order valence-electron chi connectivity index (χ0n) is 12.3. The molecule has 0 aromatic heterocycles. The van der Waals surface area contributed by atoms with Crippen LogP contribution in [0.1, 0.15) is 44.7 Å². The first kappa shape index (κ1) is 14.4. The van der Waals surface area contributed by atoms with Crippen molar-refractivity contribution >= 4 is 15.9 Å². The number of fused-ring (bicyclic) bond motifs is 1. The summed E-state index contributed by atoms with van der Waals surface area (Å²) in [6, 6.07) is 6.63. The van der Waals surface area contributed by atoms with Gasteiger partial charge in [-0.3, -0.25) is 0 Å². The van der Waals surface area contributed by atoms with E-state index in [9.17, 15) is 0 Å². The zero-order valence-corrected chi connectivity index (χ0v) is 13.9. The van der Waals surface area contributed by atoms with Crippen LogP contribution in [0, 0.1) is 0 Å². The second-order valence-corrected chi connectivity index (χ2v) is 7.46. The number of rotatable bonds is 1. The standard InChI is InChI=1S/C16H22BrNO2/c1-15(2)10-16(6-7-19-15)9-13(18-3)12-8-11(17)4-5-14(12)20-16/h4-5,8,13,18H,6-7,9-10H2,1-3H3. The van der Waals surface area contributed by atoms with Crippen molar-refractivity contribution in [2.24, 2.45) is 0 Å². The Morgan fingerprint density at radius 3 is 2.85 bits per heavy atom. The maximum atomic E-state index is 6.44. The lowest BCUT2D eigenvalue weighted by Crippen LogP contribution is -2.52. The molecule has 2 atom stereocenters. The van der Waals surface area contributed by atoms with Crippen LogP contribution in [-0.2, 0) is 4.74 Å².